The summed E-state index contributed by atoms with van der Waals surface area (Å²) in [6.45, 7) is 1.42. The van der Waals surface area contributed by atoms with Crippen LogP contribution in [0, 0.1) is 6.92 Å². The Hall–Kier alpha value is -0.970. The predicted molar refractivity (Wildman–Crippen MR) is 53.5 cm³/mol. The van der Waals surface area contributed by atoms with Crippen molar-refractivity contribution in [2.75, 3.05) is 6.61 Å². The molecule has 1 unspecified atom stereocenters. The van der Waals surface area contributed by atoms with Gasteiger partial charge in [0.05, 0.1) is 17.7 Å². The molecule has 1 rings (SSSR count). The fourth-order valence-electron chi connectivity index (χ4n) is 1.31. The van der Waals surface area contributed by atoms with Crippen molar-refractivity contribution < 1.29 is 15.3 Å². The highest BCUT2D eigenvalue weighted by Crippen LogP contribution is 2.39. The van der Waals surface area contributed by atoms with E-state index in [1.807, 2.05) is 0 Å². The molecule has 5 heteroatoms. The maximum absolute atomic E-state index is 9.34. The van der Waals surface area contributed by atoms with Crippen molar-refractivity contribution in [3.05, 3.63) is 22.2 Å². The molecule has 14 heavy (non-hydrogen) atoms. The van der Waals surface area contributed by atoms with E-state index in [1.54, 1.807) is 6.92 Å². The van der Waals surface area contributed by atoms with Crippen LogP contribution in [0.25, 0.3) is 0 Å². The fourth-order valence-corrected chi connectivity index (χ4v) is 1.70. The summed E-state index contributed by atoms with van der Waals surface area (Å²) in [5.41, 5.74) is 6.67. The van der Waals surface area contributed by atoms with E-state index in [-0.39, 0.29) is 17.4 Å². The first-order chi connectivity index (χ1) is 6.49. The third kappa shape index (κ3) is 1.77. The fraction of sp³-hybridized carbons (Fsp3) is 0.333. The number of aliphatic hydroxyl groups excluding tert-OH is 1. The minimum absolute atomic E-state index is 0.0101. The van der Waals surface area contributed by atoms with Gasteiger partial charge in [0.1, 0.15) is 0 Å². The summed E-state index contributed by atoms with van der Waals surface area (Å²) < 4.78 is 0. The Morgan fingerprint density at radius 2 is 2.07 bits per heavy atom. The largest absolute Gasteiger partial charge is 0.504 e. The van der Waals surface area contributed by atoms with Gasteiger partial charge in [-0.1, -0.05) is 11.6 Å². The molecule has 0 aliphatic rings. The van der Waals surface area contributed by atoms with Gasteiger partial charge in [0.25, 0.3) is 0 Å². The van der Waals surface area contributed by atoms with Crippen molar-refractivity contribution in [1.82, 2.24) is 0 Å². The Morgan fingerprint density at radius 3 is 2.57 bits per heavy atom. The van der Waals surface area contributed by atoms with E-state index >= 15 is 0 Å². The minimum atomic E-state index is -0.658. The van der Waals surface area contributed by atoms with E-state index in [0.717, 1.165) is 0 Å². The predicted octanol–water partition coefficient (Wildman–Crippen LogP) is 1.05. The lowest BCUT2D eigenvalue weighted by molar-refractivity contribution is 0.267. The van der Waals surface area contributed by atoms with Crippen molar-refractivity contribution in [3.63, 3.8) is 0 Å². The summed E-state index contributed by atoms with van der Waals surface area (Å²) >= 11 is 5.78. The third-order valence-electron chi connectivity index (χ3n) is 2.03. The second kappa shape index (κ2) is 4.04. The van der Waals surface area contributed by atoms with E-state index in [1.165, 1.54) is 6.07 Å². The Labute approximate surface area is 86.6 Å². The van der Waals surface area contributed by atoms with E-state index in [9.17, 15) is 10.2 Å². The number of aliphatic hydroxyl groups is 1. The summed E-state index contributed by atoms with van der Waals surface area (Å²) in [6.07, 6.45) is 0. The minimum Gasteiger partial charge on any atom is -0.504 e. The van der Waals surface area contributed by atoms with Gasteiger partial charge in [-0.3, -0.25) is 0 Å². The molecule has 0 saturated heterocycles. The van der Waals surface area contributed by atoms with E-state index < -0.39 is 11.8 Å². The smallest absolute Gasteiger partial charge is 0.176 e. The van der Waals surface area contributed by atoms with Crippen molar-refractivity contribution in [2.45, 2.75) is 13.0 Å². The highest BCUT2D eigenvalue weighted by atomic mass is 35.5. The summed E-state index contributed by atoms with van der Waals surface area (Å²) in [4.78, 5) is 0. The zero-order valence-corrected chi connectivity index (χ0v) is 8.41. The number of phenols is 2. The van der Waals surface area contributed by atoms with Gasteiger partial charge < -0.3 is 21.1 Å². The molecule has 0 saturated carbocycles. The number of phenolic OH excluding ortho intramolecular Hbond substituents is 2. The van der Waals surface area contributed by atoms with Gasteiger partial charge >= 0.3 is 0 Å². The van der Waals surface area contributed by atoms with Crippen LogP contribution < -0.4 is 5.73 Å². The van der Waals surface area contributed by atoms with Gasteiger partial charge in [0.2, 0.25) is 0 Å². The lowest BCUT2D eigenvalue weighted by Gasteiger charge is -2.15. The molecule has 4 nitrogen and oxygen atoms in total. The van der Waals surface area contributed by atoms with Crippen molar-refractivity contribution in [3.8, 4) is 11.5 Å². The van der Waals surface area contributed by atoms with Gasteiger partial charge in [-0.2, -0.15) is 0 Å². The summed E-state index contributed by atoms with van der Waals surface area (Å²) in [7, 11) is 0. The van der Waals surface area contributed by atoms with Gasteiger partial charge in [-0.05, 0) is 24.1 Å². The number of aryl methyl sites for hydroxylation is 1. The topological polar surface area (TPSA) is 86.7 Å². The molecule has 0 spiro atoms. The van der Waals surface area contributed by atoms with Crippen LogP contribution in [0.4, 0.5) is 0 Å². The maximum Gasteiger partial charge on any atom is 0.176 e. The van der Waals surface area contributed by atoms with Crippen LogP contribution in [0.1, 0.15) is 17.2 Å². The van der Waals surface area contributed by atoms with Gasteiger partial charge in [-0.15, -0.1) is 0 Å². The Morgan fingerprint density at radius 1 is 1.50 bits per heavy atom. The molecule has 5 N–H and O–H groups in total. The summed E-state index contributed by atoms with van der Waals surface area (Å²) in [6, 6.07) is 0.695. The molecule has 0 aliphatic heterocycles. The Kier molecular flexibility index (Phi) is 3.21. The SMILES string of the molecule is Cc1cc(O)c(O)c(Cl)c1C(N)CO. The number of halogens is 1. The van der Waals surface area contributed by atoms with E-state index in [4.69, 9.17) is 22.4 Å². The maximum atomic E-state index is 9.34. The Balaban J connectivity index is 3.36. The zero-order chi connectivity index (χ0) is 10.9. The number of hydrogen-bond acceptors (Lipinski definition) is 4. The van der Waals surface area contributed by atoms with Crippen LogP contribution in [-0.2, 0) is 0 Å². The summed E-state index contributed by atoms with van der Waals surface area (Å²) in [5.74, 6) is -0.697. The molecule has 0 bridgehead atoms. The monoisotopic (exact) mass is 217 g/mol. The van der Waals surface area contributed by atoms with Crippen LogP contribution in [0.5, 0.6) is 11.5 Å². The first kappa shape index (κ1) is 11.1. The second-order valence-electron chi connectivity index (χ2n) is 3.08. The molecule has 0 heterocycles. The first-order valence-corrected chi connectivity index (χ1v) is 4.44. The third-order valence-corrected chi connectivity index (χ3v) is 2.42. The van der Waals surface area contributed by atoms with Gasteiger partial charge in [0.15, 0.2) is 11.5 Å². The average molecular weight is 218 g/mol. The van der Waals surface area contributed by atoms with Crippen LogP contribution >= 0.6 is 11.6 Å². The van der Waals surface area contributed by atoms with E-state index in [2.05, 4.69) is 0 Å². The van der Waals surface area contributed by atoms with Crippen LogP contribution in [0.15, 0.2) is 6.07 Å². The molecule has 1 aromatic rings. The molecular weight excluding hydrogens is 206 g/mol. The van der Waals surface area contributed by atoms with Gasteiger partial charge in [-0.25, -0.2) is 0 Å². The Bertz CT molecular complexity index is 354. The number of benzene rings is 1. The van der Waals surface area contributed by atoms with Crippen LogP contribution in [0.2, 0.25) is 5.02 Å². The highest BCUT2D eigenvalue weighted by molar-refractivity contribution is 6.33. The number of rotatable bonds is 2. The van der Waals surface area contributed by atoms with Crippen LogP contribution in [-0.4, -0.2) is 21.9 Å². The number of nitrogens with two attached hydrogens (primary N) is 1. The van der Waals surface area contributed by atoms with Crippen molar-refractivity contribution in [2.24, 2.45) is 5.73 Å². The molecule has 0 amide bonds. The zero-order valence-electron chi connectivity index (χ0n) is 7.66. The quantitative estimate of drug-likeness (QED) is 0.558. The molecule has 0 fully saturated rings. The van der Waals surface area contributed by atoms with Crippen molar-refractivity contribution >= 4 is 11.6 Å². The lowest BCUT2D eigenvalue weighted by Crippen LogP contribution is -2.16. The molecule has 0 aliphatic carbocycles. The highest BCUT2D eigenvalue weighted by Gasteiger charge is 2.18. The number of hydrogen-bond donors (Lipinski definition) is 4. The molecule has 78 valence electrons. The molecule has 1 atom stereocenters. The standard InChI is InChI=1S/C9H12ClNO3/c1-4-2-6(13)9(14)8(10)7(4)5(11)3-12/h2,5,12-14H,3,11H2,1H3. The molecule has 1 aromatic carbocycles. The molecule has 0 radical (unpaired) electrons. The lowest BCUT2D eigenvalue weighted by atomic mass is 10.0. The summed E-state index contributed by atoms with van der Waals surface area (Å²) in [5, 5.41) is 27.4. The number of aromatic hydroxyl groups is 2. The normalized spacial score (nSPS) is 12.9. The van der Waals surface area contributed by atoms with Crippen LogP contribution in [0.3, 0.4) is 0 Å². The average Bonchev–Trinajstić information content (AvgIpc) is 2.14. The molecular formula is C9H12ClNO3. The second-order valence-corrected chi connectivity index (χ2v) is 3.46. The van der Waals surface area contributed by atoms with Gasteiger partial charge in [0, 0.05) is 0 Å². The molecule has 0 aromatic heterocycles. The first-order valence-electron chi connectivity index (χ1n) is 4.06. The van der Waals surface area contributed by atoms with Crippen molar-refractivity contribution in [1.29, 1.82) is 0 Å². The van der Waals surface area contributed by atoms with E-state index in [0.29, 0.717) is 11.1 Å².